The third kappa shape index (κ3) is 3.45. The molecule has 128 valence electrons. The average molecular weight is 411 g/mol. The maximum absolute atomic E-state index is 12.8. The molecule has 0 N–H and O–H groups in total. The Morgan fingerprint density at radius 1 is 0.731 bits per heavy atom. The molecule has 0 atom stereocenters. The van der Waals surface area contributed by atoms with E-state index in [1.165, 1.54) is 12.1 Å². The fraction of sp³-hybridized carbons (Fsp3) is 0. The first-order chi connectivity index (χ1) is 12.7. The SMILES string of the molecule is Brc1cnc2ccnn2c1.Fc1ccc(-c2cnc3ccnn3c2)cc1. The van der Waals surface area contributed by atoms with E-state index in [9.17, 15) is 4.39 Å². The van der Waals surface area contributed by atoms with Crippen molar-refractivity contribution in [1.29, 1.82) is 0 Å². The molecule has 0 amide bonds. The highest BCUT2D eigenvalue weighted by Crippen LogP contribution is 2.18. The van der Waals surface area contributed by atoms with Gasteiger partial charge in [-0.1, -0.05) is 12.1 Å². The molecule has 0 aliphatic heterocycles. The molecule has 0 saturated carbocycles. The fourth-order valence-electron chi connectivity index (χ4n) is 2.39. The van der Waals surface area contributed by atoms with Crippen LogP contribution in [0.3, 0.4) is 0 Å². The Kier molecular flexibility index (Phi) is 4.40. The first kappa shape index (κ1) is 16.3. The summed E-state index contributed by atoms with van der Waals surface area (Å²) in [5.41, 5.74) is 3.50. The van der Waals surface area contributed by atoms with Crippen molar-refractivity contribution in [3.63, 3.8) is 0 Å². The van der Waals surface area contributed by atoms with Gasteiger partial charge in [-0.3, -0.25) is 0 Å². The molecule has 6 nitrogen and oxygen atoms in total. The van der Waals surface area contributed by atoms with Gasteiger partial charge in [-0.2, -0.15) is 10.2 Å². The summed E-state index contributed by atoms with van der Waals surface area (Å²) in [5.74, 6) is -0.239. The van der Waals surface area contributed by atoms with Crippen LogP contribution < -0.4 is 0 Å². The monoisotopic (exact) mass is 410 g/mol. The average Bonchev–Trinajstić information content (AvgIpc) is 3.30. The summed E-state index contributed by atoms with van der Waals surface area (Å²) in [4.78, 5) is 8.34. The van der Waals surface area contributed by atoms with Gasteiger partial charge < -0.3 is 0 Å². The molecule has 0 aliphatic carbocycles. The Bertz CT molecular complexity index is 1170. The minimum atomic E-state index is -0.239. The van der Waals surface area contributed by atoms with Gasteiger partial charge in [-0.25, -0.2) is 23.4 Å². The van der Waals surface area contributed by atoms with E-state index in [1.54, 1.807) is 46.0 Å². The lowest BCUT2D eigenvalue weighted by atomic mass is 10.1. The Balaban J connectivity index is 0.000000144. The van der Waals surface area contributed by atoms with Crippen LogP contribution in [0.15, 0.2) is 78.1 Å². The lowest BCUT2D eigenvalue weighted by molar-refractivity contribution is 0.628. The quantitative estimate of drug-likeness (QED) is 0.418. The summed E-state index contributed by atoms with van der Waals surface area (Å²) >= 11 is 3.29. The molecular formula is C18H12BrFN6. The zero-order chi connectivity index (χ0) is 17.9. The van der Waals surface area contributed by atoms with E-state index in [0.717, 1.165) is 26.9 Å². The molecule has 4 aromatic heterocycles. The molecule has 1 aromatic carbocycles. The Labute approximate surface area is 156 Å². The van der Waals surface area contributed by atoms with E-state index in [0.29, 0.717) is 0 Å². The third-order valence-electron chi connectivity index (χ3n) is 3.64. The minimum absolute atomic E-state index is 0.239. The highest BCUT2D eigenvalue weighted by Gasteiger charge is 2.01. The van der Waals surface area contributed by atoms with Crippen molar-refractivity contribution in [2.75, 3.05) is 0 Å². The Morgan fingerprint density at radius 2 is 1.35 bits per heavy atom. The number of nitrogens with zero attached hydrogens (tertiary/aromatic N) is 6. The molecule has 0 bridgehead atoms. The van der Waals surface area contributed by atoms with E-state index in [1.807, 2.05) is 24.5 Å². The van der Waals surface area contributed by atoms with Crippen molar-refractivity contribution in [1.82, 2.24) is 29.2 Å². The van der Waals surface area contributed by atoms with E-state index in [2.05, 4.69) is 36.1 Å². The number of hydrogen-bond acceptors (Lipinski definition) is 4. The highest BCUT2D eigenvalue weighted by atomic mass is 79.9. The van der Waals surface area contributed by atoms with Crippen molar-refractivity contribution in [2.45, 2.75) is 0 Å². The second kappa shape index (κ2) is 7.01. The third-order valence-corrected chi connectivity index (χ3v) is 4.05. The molecule has 4 heterocycles. The van der Waals surface area contributed by atoms with Crippen LogP contribution in [0.4, 0.5) is 4.39 Å². The van der Waals surface area contributed by atoms with Crippen molar-refractivity contribution in [3.05, 3.63) is 83.9 Å². The lowest BCUT2D eigenvalue weighted by Crippen LogP contribution is -1.91. The van der Waals surface area contributed by atoms with Gasteiger partial charge in [0.05, 0.1) is 16.9 Å². The highest BCUT2D eigenvalue weighted by molar-refractivity contribution is 9.10. The van der Waals surface area contributed by atoms with Crippen LogP contribution in [0.1, 0.15) is 0 Å². The van der Waals surface area contributed by atoms with E-state index in [4.69, 9.17) is 0 Å². The zero-order valence-electron chi connectivity index (χ0n) is 13.4. The van der Waals surface area contributed by atoms with Gasteiger partial charge in [0.1, 0.15) is 5.82 Å². The normalized spacial score (nSPS) is 10.7. The molecule has 0 spiro atoms. The van der Waals surface area contributed by atoms with Gasteiger partial charge >= 0.3 is 0 Å². The first-order valence-electron chi connectivity index (χ1n) is 7.69. The molecule has 0 saturated heterocycles. The van der Waals surface area contributed by atoms with Crippen LogP contribution in [0.5, 0.6) is 0 Å². The Hall–Kier alpha value is -3.13. The summed E-state index contributed by atoms with van der Waals surface area (Å²) < 4.78 is 17.1. The number of aromatic nitrogens is 6. The first-order valence-corrected chi connectivity index (χ1v) is 8.48. The number of halogens is 2. The van der Waals surface area contributed by atoms with Crippen molar-refractivity contribution in [2.24, 2.45) is 0 Å². The number of hydrogen-bond donors (Lipinski definition) is 0. The molecule has 0 unspecified atom stereocenters. The van der Waals surface area contributed by atoms with Crippen molar-refractivity contribution in [3.8, 4) is 11.1 Å². The van der Waals surface area contributed by atoms with Crippen LogP contribution in [-0.2, 0) is 0 Å². The van der Waals surface area contributed by atoms with Gasteiger partial charge in [0.2, 0.25) is 0 Å². The summed E-state index contributed by atoms with van der Waals surface area (Å²) in [6, 6.07) is 10.00. The molecular weight excluding hydrogens is 399 g/mol. The molecule has 0 aliphatic rings. The Morgan fingerprint density at radius 3 is 2.04 bits per heavy atom. The van der Waals surface area contributed by atoms with Crippen LogP contribution in [0, 0.1) is 5.82 Å². The zero-order valence-corrected chi connectivity index (χ0v) is 15.0. The predicted octanol–water partition coefficient (Wildman–Crippen LogP) is 4.03. The maximum atomic E-state index is 12.8. The number of benzene rings is 1. The molecule has 5 aromatic rings. The van der Waals surface area contributed by atoms with Gasteiger partial charge in [-0.15, -0.1) is 0 Å². The predicted molar refractivity (Wildman–Crippen MR) is 99.1 cm³/mol. The molecule has 8 heteroatoms. The van der Waals surface area contributed by atoms with Crippen molar-refractivity contribution < 1.29 is 4.39 Å². The summed E-state index contributed by atoms with van der Waals surface area (Å²) in [6.07, 6.45) is 10.6. The maximum Gasteiger partial charge on any atom is 0.154 e. The van der Waals surface area contributed by atoms with Crippen LogP contribution in [0.2, 0.25) is 0 Å². The summed E-state index contributed by atoms with van der Waals surface area (Å²) in [5, 5.41) is 8.11. The molecule has 26 heavy (non-hydrogen) atoms. The van der Waals surface area contributed by atoms with Crippen LogP contribution in [-0.4, -0.2) is 29.2 Å². The van der Waals surface area contributed by atoms with E-state index < -0.39 is 0 Å². The molecule has 0 radical (unpaired) electrons. The topological polar surface area (TPSA) is 60.4 Å². The van der Waals surface area contributed by atoms with E-state index in [-0.39, 0.29) is 5.82 Å². The number of fused-ring (bicyclic) bond motifs is 2. The van der Waals surface area contributed by atoms with Crippen LogP contribution >= 0.6 is 15.9 Å². The smallest absolute Gasteiger partial charge is 0.154 e. The largest absolute Gasteiger partial charge is 0.236 e. The van der Waals surface area contributed by atoms with Crippen LogP contribution in [0.25, 0.3) is 22.4 Å². The molecule has 0 fully saturated rings. The standard InChI is InChI=1S/C12H8FN3.C6H4BrN3/c13-11-3-1-9(2-4-11)10-7-14-12-5-6-15-16(12)8-10;7-5-3-8-6-1-2-9-10(6)4-5/h1-8H;1-4H. The fourth-order valence-corrected chi connectivity index (χ4v) is 2.68. The van der Waals surface area contributed by atoms with Gasteiger partial charge in [0.25, 0.3) is 0 Å². The van der Waals surface area contributed by atoms with Gasteiger partial charge in [0, 0.05) is 42.5 Å². The number of rotatable bonds is 1. The minimum Gasteiger partial charge on any atom is -0.236 e. The van der Waals surface area contributed by atoms with Gasteiger partial charge in [-0.05, 0) is 33.6 Å². The van der Waals surface area contributed by atoms with E-state index >= 15 is 0 Å². The second-order valence-electron chi connectivity index (χ2n) is 5.39. The molecule has 5 rings (SSSR count). The second-order valence-corrected chi connectivity index (χ2v) is 6.31. The summed E-state index contributed by atoms with van der Waals surface area (Å²) in [7, 11) is 0. The summed E-state index contributed by atoms with van der Waals surface area (Å²) in [6.45, 7) is 0. The van der Waals surface area contributed by atoms with Gasteiger partial charge in [0.15, 0.2) is 11.3 Å². The lowest BCUT2D eigenvalue weighted by Gasteiger charge is -2.01. The van der Waals surface area contributed by atoms with Crippen molar-refractivity contribution >= 4 is 27.2 Å².